The van der Waals surface area contributed by atoms with Gasteiger partial charge in [-0.2, -0.15) is 0 Å². The van der Waals surface area contributed by atoms with Crippen LogP contribution in [0.2, 0.25) is 10.0 Å². The minimum absolute atomic E-state index is 0.0446. The number of ether oxygens (including phenoxy) is 1. The Morgan fingerprint density at radius 2 is 1.69 bits per heavy atom. The van der Waals surface area contributed by atoms with Crippen LogP contribution in [0.4, 0.5) is 11.4 Å². The van der Waals surface area contributed by atoms with E-state index in [9.17, 15) is 13.2 Å². The van der Waals surface area contributed by atoms with Crippen molar-refractivity contribution in [1.82, 2.24) is 0 Å². The smallest absolute Gasteiger partial charge is 0.264 e. The molecule has 3 aromatic carbocycles. The second-order valence-electron chi connectivity index (χ2n) is 6.56. The summed E-state index contributed by atoms with van der Waals surface area (Å²) in [7, 11) is -4.05. The SMILES string of the molecule is CCOc1ccc(N(CC(=O)Nc2cc(Cl)ccc2Cl)S(=O)(=O)c2ccc(Br)cc2)cc1. The average Bonchev–Trinajstić information content (AvgIpc) is 2.76. The first-order valence-corrected chi connectivity index (χ1v) is 12.5. The van der Waals surface area contributed by atoms with Gasteiger partial charge < -0.3 is 10.1 Å². The second kappa shape index (κ2) is 10.6. The molecule has 32 heavy (non-hydrogen) atoms. The molecule has 6 nitrogen and oxygen atoms in total. The van der Waals surface area contributed by atoms with E-state index in [1.54, 1.807) is 48.5 Å². The normalized spacial score (nSPS) is 11.1. The fraction of sp³-hybridized carbons (Fsp3) is 0.136. The molecule has 1 amide bonds. The first kappa shape index (κ1) is 24.4. The predicted molar refractivity (Wildman–Crippen MR) is 131 cm³/mol. The Morgan fingerprint density at radius 3 is 2.31 bits per heavy atom. The van der Waals surface area contributed by atoms with Crippen LogP contribution in [0.3, 0.4) is 0 Å². The second-order valence-corrected chi connectivity index (χ2v) is 10.2. The maximum Gasteiger partial charge on any atom is 0.264 e. The summed E-state index contributed by atoms with van der Waals surface area (Å²) in [5.74, 6) is 0.0103. The molecule has 1 N–H and O–H groups in total. The van der Waals surface area contributed by atoms with Crippen LogP contribution in [0.1, 0.15) is 6.92 Å². The van der Waals surface area contributed by atoms with E-state index >= 15 is 0 Å². The predicted octanol–water partition coefficient (Wildman–Crippen LogP) is 5.99. The zero-order valence-corrected chi connectivity index (χ0v) is 20.8. The lowest BCUT2D eigenvalue weighted by Gasteiger charge is -2.24. The Kier molecular flexibility index (Phi) is 8.05. The third kappa shape index (κ3) is 5.95. The molecule has 0 atom stereocenters. The van der Waals surface area contributed by atoms with Crippen molar-refractivity contribution in [2.45, 2.75) is 11.8 Å². The number of anilines is 2. The molecule has 0 aliphatic heterocycles. The number of hydrogen-bond acceptors (Lipinski definition) is 4. The standard InChI is InChI=1S/C22H19BrCl2N2O4S/c1-2-31-18-8-6-17(7-9-18)27(32(29,30)19-10-3-15(23)4-11-19)14-22(28)26-21-13-16(24)5-12-20(21)25/h3-13H,2,14H2,1H3,(H,26,28). The summed E-state index contributed by atoms with van der Waals surface area (Å²) >= 11 is 15.4. The van der Waals surface area contributed by atoms with Crippen molar-refractivity contribution >= 4 is 66.4 Å². The highest BCUT2D eigenvalue weighted by molar-refractivity contribution is 9.10. The molecule has 0 spiro atoms. The number of carbonyl (C=O) groups is 1. The third-order valence-electron chi connectivity index (χ3n) is 4.33. The number of halogens is 3. The number of amides is 1. The zero-order chi connectivity index (χ0) is 23.3. The molecule has 0 heterocycles. The van der Waals surface area contributed by atoms with E-state index in [1.807, 2.05) is 6.92 Å². The van der Waals surface area contributed by atoms with Gasteiger partial charge in [-0.15, -0.1) is 0 Å². The molecule has 0 aromatic heterocycles. The van der Waals surface area contributed by atoms with Crippen LogP contribution in [0.15, 0.2) is 76.1 Å². The highest BCUT2D eigenvalue weighted by Crippen LogP contribution is 2.28. The first-order valence-electron chi connectivity index (χ1n) is 9.47. The van der Waals surface area contributed by atoms with Gasteiger partial charge in [0.2, 0.25) is 5.91 Å². The fourth-order valence-corrected chi connectivity index (χ4v) is 4.86. The summed E-state index contributed by atoms with van der Waals surface area (Å²) in [5.41, 5.74) is 0.598. The Morgan fingerprint density at radius 1 is 1.03 bits per heavy atom. The highest BCUT2D eigenvalue weighted by atomic mass is 79.9. The first-order chi connectivity index (χ1) is 15.2. The van der Waals surface area contributed by atoms with Crippen LogP contribution in [0, 0.1) is 0 Å². The molecule has 0 bridgehead atoms. The lowest BCUT2D eigenvalue weighted by Crippen LogP contribution is -2.38. The lowest BCUT2D eigenvalue weighted by molar-refractivity contribution is -0.114. The molecule has 0 saturated carbocycles. The van der Waals surface area contributed by atoms with E-state index in [2.05, 4.69) is 21.2 Å². The molecule has 3 aromatic rings. The van der Waals surface area contributed by atoms with Gasteiger partial charge in [-0.25, -0.2) is 8.42 Å². The molecular formula is C22H19BrCl2N2O4S. The number of carbonyl (C=O) groups excluding carboxylic acids is 1. The summed E-state index contributed by atoms with van der Waals surface area (Å²) < 4.78 is 34.0. The van der Waals surface area contributed by atoms with Crippen molar-refractivity contribution in [2.75, 3.05) is 22.8 Å². The minimum Gasteiger partial charge on any atom is -0.494 e. The zero-order valence-electron chi connectivity index (χ0n) is 16.9. The van der Waals surface area contributed by atoms with Gasteiger partial charge >= 0.3 is 0 Å². The van der Waals surface area contributed by atoms with Gasteiger partial charge in [0.15, 0.2) is 0 Å². The highest BCUT2D eigenvalue weighted by Gasteiger charge is 2.27. The number of benzene rings is 3. The van der Waals surface area contributed by atoms with E-state index in [0.29, 0.717) is 23.1 Å². The van der Waals surface area contributed by atoms with Crippen molar-refractivity contribution in [1.29, 1.82) is 0 Å². The van der Waals surface area contributed by atoms with E-state index < -0.39 is 22.5 Å². The van der Waals surface area contributed by atoms with Gasteiger partial charge in [0.1, 0.15) is 12.3 Å². The van der Waals surface area contributed by atoms with Gasteiger partial charge in [0.25, 0.3) is 10.0 Å². The average molecular weight is 558 g/mol. The quantitative estimate of drug-likeness (QED) is 0.369. The van der Waals surface area contributed by atoms with E-state index in [4.69, 9.17) is 27.9 Å². The molecule has 10 heteroatoms. The molecule has 0 radical (unpaired) electrons. The third-order valence-corrected chi connectivity index (χ3v) is 7.21. The molecule has 0 aliphatic rings. The largest absolute Gasteiger partial charge is 0.494 e. The van der Waals surface area contributed by atoms with Crippen molar-refractivity contribution < 1.29 is 17.9 Å². The van der Waals surface area contributed by atoms with Gasteiger partial charge in [0, 0.05) is 9.50 Å². The van der Waals surface area contributed by atoms with Crippen molar-refractivity contribution in [2.24, 2.45) is 0 Å². The van der Waals surface area contributed by atoms with Gasteiger partial charge in [0.05, 0.1) is 27.9 Å². The van der Waals surface area contributed by atoms with Crippen molar-refractivity contribution in [3.63, 3.8) is 0 Å². The Bertz CT molecular complexity index is 1200. The van der Waals surface area contributed by atoms with Crippen molar-refractivity contribution in [3.05, 3.63) is 81.2 Å². The Hall–Kier alpha value is -2.26. The van der Waals surface area contributed by atoms with E-state index in [1.165, 1.54) is 18.2 Å². The van der Waals surface area contributed by atoms with Crippen LogP contribution in [0.25, 0.3) is 0 Å². The van der Waals surface area contributed by atoms with Gasteiger partial charge in [-0.3, -0.25) is 9.10 Å². The van der Waals surface area contributed by atoms with Crippen molar-refractivity contribution in [3.8, 4) is 5.75 Å². The number of sulfonamides is 1. The molecule has 0 fully saturated rings. The van der Waals surface area contributed by atoms with E-state index in [-0.39, 0.29) is 15.6 Å². The Labute approximate surface area is 205 Å². The van der Waals surface area contributed by atoms with Crippen LogP contribution >= 0.6 is 39.1 Å². The maximum atomic E-state index is 13.4. The molecule has 168 valence electrons. The topological polar surface area (TPSA) is 75.7 Å². The summed E-state index contributed by atoms with van der Waals surface area (Å²) in [6.07, 6.45) is 0. The van der Waals surface area contributed by atoms with Crippen LogP contribution < -0.4 is 14.4 Å². The number of nitrogens with one attached hydrogen (secondary N) is 1. The van der Waals surface area contributed by atoms with Gasteiger partial charge in [-0.1, -0.05) is 39.1 Å². The van der Waals surface area contributed by atoms with Crippen LogP contribution in [-0.4, -0.2) is 27.5 Å². The number of rotatable bonds is 8. The lowest BCUT2D eigenvalue weighted by atomic mass is 10.3. The summed E-state index contributed by atoms with van der Waals surface area (Å²) in [6.45, 7) is 1.85. The van der Waals surface area contributed by atoms with Crippen LogP contribution in [-0.2, 0) is 14.8 Å². The van der Waals surface area contributed by atoms with Gasteiger partial charge in [-0.05, 0) is 73.7 Å². The molecule has 3 rings (SSSR count). The van der Waals surface area contributed by atoms with Crippen LogP contribution in [0.5, 0.6) is 5.75 Å². The number of nitrogens with zero attached hydrogens (tertiary/aromatic N) is 1. The molecule has 0 saturated heterocycles. The molecule has 0 unspecified atom stereocenters. The fourth-order valence-electron chi connectivity index (χ4n) is 2.84. The molecule has 0 aliphatic carbocycles. The minimum atomic E-state index is -4.05. The summed E-state index contributed by atoms with van der Waals surface area (Å²) in [5, 5.41) is 3.29. The number of hydrogen-bond donors (Lipinski definition) is 1. The monoisotopic (exact) mass is 556 g/mol. The Balaban J connectivity index is 1.95. The van der Waals surface area contributed by atoms with E-state index in [0.717, 1.165) is 8.78 Å². The summed E-state index contributed by atoms with van der Waals surface area (Å²) in [6, 6.07) is 17.3. The molecular weight excluding hydrogens is 539 g/mol. The maximum absolute atomic E-state index is 13.4. The summed E-state index contributed by atoms with van der Waals surface area (Å²) in [4.78, 5) is 12.9.